The van der Waals surface area contributed by atoms with Gasteiger partial charge in [-0.1, -0.05) is 200 Å². The van der Waals surface area contributed by atoms with Crippen molar-refractivity contribution in [2.24, 2.45) is 0 Å². The summed E-state index contributed by atoms with van der Waals surface area (Å²) in [4.78, 5) is 20.5. The zero-order valence-electron chi connectivity index (χ0n) is 32.1. The molecule has 276 valence electrons. The van der Waals surface area contributed by atoms with E-state index in [1.807, 2.05) is 60.7 Å². The second kappa shape index (κ2) is 14.3. The van der Waals surface area contributed by atoms with E-state index in [2.05, 4.69) is 158 Å². The number of aromatic nitrogens is 4. The molecule has 0 N–H and O–H groups in total. The molecule has 0 amide bonds. The van der Waals surface area contributed by atoms with E-state index < -0.39 is 5.41 Å². The van der Waals surface area contributed by atoms with Crippen LogP contribution in [0, 0.1) is 0 Å². The van der Waals surface area contributed by atoms with Gasteiger partial charge in [-0.25, -0.2) is 19.9 Å². The van der Waals surface area contributed by atoms with Gasteiger partial charge in [-0.2, -0.15) is 0 Å². The summed E-state index contributed by atoms with van der Waals surface area (Å²) in [6.07, 6.45) is 0. The van der Waals surface area contributed by atoms with Gasteiger partial charge in [0.2, 0.25) is 0 Å². The van der Waals surface area contributed by atoms with E-state index in [1.165, 1.54) is 33.4 Å². The predicted octanol–water partition coefficient (Wildman–Crippen LogP) is 13.1. The van der Waals surface area contributed by atoms with Crippen molar-refractivity contribution in [1.82, 2.24) is 19.9 Å². The smallest absolute Gasteiger partial charge is 0.164 e. The largest absolute Gasteiger partial charge is 0.247 e. The maximum atomic E-state index is 5.52. The monoisotopic (exact) mass is 752 g/mol. The molecule has 4 heteroatoms. The fraction of sp³-hybridized carbons (Fsp3) is 0.0182. The van der Waals surface area contributed by atoms with Gasteiger partial charge < -0.3 is 0 Å². The molecule has 2 aromatic heterocycles. The molecule has 0 fully saturated rings. The summed E-state index contributed by atoms with van der Waals surface area (Å²) >= 11 is 0. The minimum atomic E-state index is -0.556. The predicted molar refractivity (Wildman–Crippen MR) is 240 cm³/mol. The average Bonchev–Trinajstić information content (AvgIpc) is 3.64. The Morgan fingerprint density at radius 1 is 0.322 bits per heavy atom. The molecule has 0 saturated heterocycles. The Balaban J connectivity index is 1.10. The quantitative estimate of drug-likeness (QED) is 0.163. The summed E-state index contributed by atoms with van der Waals surface area (Å²) in [6, 6.07) is 77.0. The van der Waals surface area contributed by atoms with Crippen molar-refractivity contribution in [1.29, 1.82) is 0 Å². The Morgan fingerprint density at radius 3 is 1.37 bits per heavy atom. The van der Waals surface area contributed by atoms with Gasteiger partial charge in [-0.05, 0) is 57.1 Å². The van der Waals surface area contributed by atoms with Crippen LogP contribution in [0.1, 0.15) is 22.3 Å². The Hall–Kier alpha value is -7.82. The minimum Gasteiger partial charge on any atom is -0.247 e. The maximum Gasteiger partial charge on any atom is 0.164 e. The number of hydrogen-bond donors (Lipinski definition) is 0. The van der Waals surface area contributed by atoms with Crippen molar-refractivity contribution in [2.45, 2.75) is 5.41 Å². The molecule has 0 bridgehead atoms. The lowest BCUT2D eigenvalue weighted by Gasteiger charge is -2.34. The Kier molecular flexibility index (Phi) is 8.34. The molecule has 0 aliphatic heterocycles. The zero-order valence-corrected chi connectivity index (χ0v) is 32.1. The van der Waals surface area contributed by atoms with Crippen LogP contribution in [0.5, 0.6) is 0 Å². The molecule has 0 spiro atoms. The number of rotatable bonds is 7. The molecule has 1 aliphatic rings. The standard InChI is InChI=1S/C55H36N4/c1-5-19-37(20-6-1)52-57-53(38-21-7-2-8-22-38)59-54(58-52)42-26-18-24-40(36-42)39-23-17-25-41(35-39)51-49-45-31-13-15-33-47(45)55(43-27-9-3-10-28-43,44-29-11-4-12-30-44)50(49)46-32-14-16-34-48(46)56-51/h1-36H. The van der Waals surface area contributed by atoms with Gasteiger partial charge >= 0.3 is 0 Å². The second-order valence-corrected chi connectivity index (χ2v) is 15.0. The van der Waals surface area contributed by atoms with Crippen molar-refractivity contribution in [3.8, 4) is 67.7 Å². The first-order valence-corrected chi connectivity index (χ1v) is 20.0. The number of hydrogen-bond acceptors (Lipinski definition) is 4. The van der Waals surface area contributed by atoms with E-state index >= 15 is 0 Å². The first-order chi connectivity index (χ1) is 29.3. The normalized spacial score (nSPS) is 12.5. The van der Waals surface area contributed by atoms with Gasteiger partial charge in [0.1, 0.15) is 0 Å². The van der Waals surface area contributed by atoms with Gasteiger partial charge in [0.25, 0.3) is 0 Å². The first kappa shape index (κ1) is 34.4. The molecule has 8 aromatic carbocycles. The molecule has 0 radical (unpaired) electrons. The summed E-state index contributed by atoms with van der Waals surface area (Å²) in [5.41, 5.74) is 14.7. The van der Waals surface area contributed by atoms with Crippen molar-refractivity contribution in [2.75, 3.05) is 0 Å². The Labute approximate surface area is 343 Å². The van der Waals surface area contributed by atoms with E-state index in [0.29, 0.717) is 17.5 Å². The number of benzene rings is 8. The van der Waals surface area contributed by atoms with Crippen LogP contribution in [0.2, 0.25) is 0 Å². The average molecular weight is 753 g/mol. The number of fused-ring (bicyclic) bond motifs is 5. The molecule has 59 heavy (non-hydrogen) atoms. The second-order valence-electron chi connectivity index (χ2n) is 15.0. The van der Waals surface area contributed by atoms with E-state index in [1.54, 1.807) is 0 Å². The van der Waals surface area contributed by atoms with Crippen LogP contribution in [-0.2, 0) is 5.41 Å². The third kappa shape index (κ3) is 5.76. The van der Waals surface area contributed by atoms with Gasteiger partial charge in [-0.15, -0.1) is 0 Å². The first-order valence-electron chi connectivity index (χ1n) is 20.0. The van der Waals surface area contributed by atoms with Gasteiger partial charge in [0.05, 0.1) is 16.6 Å². The zero-order chi connectivity index (χ0) is 39.2. The molecule has 1 aliphatic carbocycles. The van der Waals surface area contributed by atoms with Crippen molar-refractivity contribution < 1.29 is 0 Å². The topological polar surface area (TPSA) is 51.6 Å². The van der Waals surface area contributed by atoms with Crippen molar-refractivity contribution >= 4 is 10.9 Å². The van der Waals surface area contributed by atoms with Crippen LogP contribution in [0.15, 0.2) is 218 Å². The van der Waals surface area contributed by atoms with Crippen LogP contribution in [0.25, 0.3) is 78.6 Å². The Morgan fingerprint density at radius 2 is 0.763 bits per heavy atom. The highest BCUT2D eigenvalue weighted by Gasteiger charge is 2.48. The van der Waals surface area contributed by atoms with Crippen LogP contribution in [0.3, 0.4) is 0 Å². The molecular weight excluding hydrogens is 717 g/mol. The summed E-state index contributed by atoms with van der Waals surface area (Å²) in [5, 5.41) is 1.15. The lowest BCUT2D eigenvalue weighted by Crippen LogP contribution is -2.29. The molecular formula is C55H36N4. The Bertz CT molecular complexity index is 3050. The number of pyridine rings is 1. The van der Waals surface area contributed by atoms with Gasteiger partial charge in [-0.3, -0.25) is 0 Å². The summed E-state index contributed by atoms with van der Waals surface area (Å²) in [6.45, 7) is 0. The summed E-state index contributed by atoms with van der Waals surface area (Å²) < 4.78 is 0. The lowest BCUT2D eigenvalue weighted by molar-refractivity contribution is 0.775. The van der Waals surface area contributed by atoms with E-state index in [4.69, 9.17) is 19.9 Å². The van der Waals surface area contributed by atoms with Crippen molar-refractivity contribution in [3.63, 3.8) is 0 Å². The highest BCUT2D eigenvalue weighted by atomic mass is 15.0. The molecule has 0 saturated carbocycles. The number of nitrogens with zero attached hydrogens (tertiary/aromatic N) is 4. The highest BCUT2D eigenvalue weighted by molar-refractivity contribution is 6.04. The molecule has 11 rings (SSSR count). The molecule has 10 aromatic rings. The van der Waals surface area contributed by atoms with Crippen molar-refractivity contribution in [3.05, 3.63) is 241 Å². The van der Waals surface area contributed by atoms with E-state index in [9.17, 15) is 0 Å². The van der Waals surface area contributed by atoms with Crippen LogP contribution >= 0.6 is 0 Å². The summed E-state index contributed by atoms with van der Waals surface area (Å²) in [7, 11) is 0. The summed E-state index contributed by atoms with van der Waals surface area (Å²) in [5.74, 6) is 1.90. The molecule has 2 heterocycles. The minimum absolute atomic E-state index is 0.556. The van der Waals surface area contributed by atoms with Gasteiger partial charge in [0.15, 0.2) is 17.5 Å². The third-order valence-electron chi connectivity index (χ3n) is 11.6. The molecule has 0 atom stereocenters. The highest BCUT2D eigenvalue weighted by Crippen LogP contribution is 2.59. The van der Waals surface area contributed by atoms with Crippen LogP contribution < -0.4 is 0 Å². The number of para-hydroxylation sites is 1. The van der Waals surface area contributed by atoms with Crippen LogP contribution in [-0.4, -0.2) is 19.9 Å². The molecule has 4 nitrogen and oxygen atoms in total. The molecule has 0 unspecified atom stereocenters. The third-order valence-corrected chi connectivity index (χ3v) is 11.6. The van der Waals surface area contributed by atoms with Crippen LogP contribution in [0.4, 0.5) is 0 Å². The fourth-order valence-electron chi connectivity index (χ4n) is 9.00. The van der Waals surface area contributed by atoms with E-state index in [-0.39, 0.29) is 0 Å². The lowest BCUT2D eigenvalue weighted by atomic mass is 9.67. The fourth-order valence-corrected chi connectivity index (χ4v) is 9.00. The van der Waals surface area contributed by atoms with Gasteiger partial charge in [0, 0.05) is 33.2 Å². The maximum absolute atomic E-state index is 5.52. The SMILES string of the molecule is c1ccc(-c2nc(-c3ccccc3)nc(-c3cccc(-c4cccc(-c5nc6ccccc6c6c5-c5ccccc5C6(c5ccccc5)c5ccccc5)c4)c3)n2)cc1. The van der Waals surface area contributed by atoms with E-state index in [0.717, 1.165) is 50.0 Å².